The van der Waals surface area contributed by atoms with Crippen LogP contribution in [0.15, 0.2) is 47.8 Å². The molecule has 0 aliphatic rings. The second-order valence-corrected chi connectivity index (χ2v) is 8.06. The van der Waals surface area contributed by atoms with E-state index in [1.165, 1.54) is 23.5 Å². The third-order valence-electron chi connectivity index (χ3n) is 4.74. The van der Waals surface area contributed by atoms with Crippen molar-refractivity contribution < 1.29 is 23.5 Å². The first kappa shape index (κ1) is 24.0. The highest BCUT2D eigenvalue weighted by molar-refractivity contribution is 7.13. The van der Waals surface area contributed by atoms with Gasteiger partial charge in [-0.3, -0.25) is 10.1 Å². The summed E-state index contributed by atoms with van der Waals surface area (Å²) in [5, 5.41) is 7.49. The molecule has 2 N–H and O–H groups in total. The first-order valence-corrected chi connectivity index (χ1v) is 10.9. The van der Waals surface area contributed by atoms with E-state index in [0.717, 1.165) is 5.56 Å². The number of amides is 3. The van der Waals surface area contributed by atoms with Crippen LogP contribution < -0.4 is 20.1 Å². The molecule has 1 aromatic heterocycles. The molecule has 2 aromatic carbocycles. The van der Waals surface area contributed by atoms with E-state index in [1.807, 2.05) is 6.07 Å². The monoisotopic (exact) mass is 472 g/mol. The molecular formula is C23H25FN4O4S. The fourth-order valence-electron chi connectivity index (χ4n) is 3.04. The molecule has 8 nitrogen and oxygen atoms in total. The number of ether oxygens (including phenoxy) is 2. The molecule has 0 fully saturated rings. The number of carbonyl (C=O) groups excluding carboxylic acids is 2. The van der Waals surface area contributed by atoms with E-state index in [4.69, 9.17) is 9.47 Å². The number of aromatic nitrogens is 1. The number of halogens is 1. The minimum absolute atomic E-state index is 0.0856. The number of hydrogen-bond donors (Lipinski definition) is 2. The van der Waals surface area contributed by atoms with Crippen LogP contribution in [0, 0.1) is 5.82 Å². The van der Waals surface area contributed by atoms with E-state index in [9.17, 15) is 14.0 Å². The second-order valence-electron chi connectivity index (χ2n) is 7.20. The highest BCUT2D eigenvalue weighted by Gasteiger charge is 2.14. The number of methoxy groups -OCH3 is 2. The van der Waals surface area contributed by atoms with Crippen molar-refractivity contribution in [1.29, 1.82) is 0 Å². The molecular weight excluding hydrogens is 447 g/mol. The average molecular weight is 473 g/mol. The van der Waals surface area contributed by atoms with Gasteiger partial charge in [0.15, 0.2) is 16.6 Å². The van der Waals surface area contributed by atoms with Crippen LogP contribution in [0.4, 0.5) is 14.3 Å². The predicted molar refractivity (Wildman–Crippen MR) is 124 cm³/mol. The van der Waals surface area contributed by atoms with Crippen LogP contribution >= 0.6 is 11.3 Å². The Morgan fingerprint density at radius 2 is 1.88 bits per heavy atom. The Morgan fingerprint density at radius 3 is 2.61 bits per heavy atom. The Balaban J connectivity index is 1.49. The molecule has 0 radical (unpaired) electrons. The van der Waals surface area contributed by atoms with Crippen LogP contribution in [0.25, 0.3) is 0 Å². The molecule has 0 aliphatic heterocycles. The highest BCUT2D eigenvalue weighted by Crippen LogP contribution is 2.28. The van der Waals surface area contributed by atoms with Crippen LogP contribution in [-0.4, -0.2) is 43.1 Å². The Hall–Kier alpha value is -3.66. The molecule has 33 heavy (non-hydrogen) atoms. The molecule has 0 spiro atoms. The van der Waals surface area contributed by atoms with Crippen LogP contribution in [0.1, 0.15) is 16.8 Å². The summed E-state index contributed by atoms with van der Waals surface area (Å²) >= 11 is 1.26. The van der Waals surface area contributed by atoms with Crippen molar-refractivity contribution in [3.63, 3.8) is 0 Å². The Labute approximate surface area is 195 Å². The lowest BCUT2D eigenvalue weighted by molar-refractivity contribution is -0.129. The second kappa shape index (κ2) is 11.3. The van der Waals surface area contributed by atoms with E-state index in [-0.39, 0.29) is 24.7 Å². The summed E-state index contributed by atoms with van der Waals surface area (Å²) in [4.78, 5) is 30.6. The van der Waals surface area contributed by atoms with Gasteiger partial charge in [-0.15, -0.1) is 11.3 Å². The molecule has 0 unspecified atom stereocenters. The molecule has 3 aromatic rings. The van der Waals surface area contributed by atoms with Gasteiger partial charge >= 0.3 is 6.03 Å². The summed E-state index contributed by atoms with van der Waals surface area (Å²) in [5.41, 5.74) is 2.11. The first-order valence-electron chi connectivity index (χ1n) is 10.1. The molecule has 10 heteroatoms. The van der Waals surface area contributed by atoms with Gasteiger partial charge in [0.2, 0.25) is 5.91 Å². The maximum absolute atomic E-state index is 13.2. The average Bonchev–Trinajstić information content (AvgIpc) is 3.24. The van der Waals surface area contributed by atoms with Crippen LogP contribution in [0.2, 0.25) is 0 Å². The molecule has 0 aliphatic carbocycles. The van der Waals surface area contributed by atoms with Gasteiger partial charge in [-0.25, -0.2) is 14.2 Å². The minimum atomic E-state index is -0.446. The lowest BCUT2D eigenvalue weighted by Crippen LogP contribution is -2.28. The highest BCUT2D eigenvalue weighted by atomic mass is 32.1. The fourth-order valence-corrected chi connectivity index (χ4v) is 3.74. The van der Waals surface area contributed by atoms with Crippen LogP contribution in [0.5, 0.6) is 11.5 Å². The summed E-state index contributed by atoms with van der Waals surface area (Å²) in [6.45, 7) is 0.491. The minimum Gasteiger partial charge on any atom is -0.493 e. The summed E-state index contributed by atoms with van der Waals surface area (Å²) in [6, 6.07) is 10.9. The van der Waals surface area contributed by atoms with Gasteiger partial charge in [0, 0.05) is 19.0 Å². The van der Waals surface area contributed by atoms with Crippen molar-refractivity contribution in [3.05, 3.63) is 70.5 Å². The Kier molecular flexibility index (Phi) is 8.20. The zero-order valence-electron chi connectivity index (χ0n) is 18.6. The van der Waals surface area contributed by atoms with Crippen molar-refractivity contribution in [2.75, 3.05) is 26.6 Å². The normalized spacial score (nSPS) is 10.4. The Morgan fingerprint density at radius 1 is 1.09 bits per heavy atom. The Bertz CT molecular complexity index is 1120. The standard InChI is InChI=1S/C23H25FN4O4S/c1-28(21(29)11-15-7-8-19(31-2)20(10-15)32-3)13-18-14-33-23(26-18)27-22(30)25-12-16-5-4-6-17(24)9-16/h4-10,14H,11-13H2,1-3H3,(H2,25,26,27,30). The van der Waals surface area contributed by atoms with Gasteiger partial charge in [-0.1, -0.05) is 18.2 Å². The zero-order chi connectivity index (χ0) is 23.8. The molecule has 1 heterocycles. The molecule has 0 saturated heterocycles. The number of thiazole rings is 1. The van der Waals surface area contributed by atoms with Crippen LogP contribution in [-0.2, 0) is 24.3 Å². The topological polar surface area (TPSA) is 92.8 Å². The number of nitrogens with zero attached hydrogens (tertiary/aromatic N) is 2. The van der Waals surface area contributed by atoms with Gasteiger partial charge in [-0.2, -0.15) is 0 Å². The molecule has 3 amide bonds. The van der Waals surface area contributed by atoms with E-state index >= 15 is 0 Å². The third kappa shape index (κ3) is 6.91. The maximum atomic E-state index is 13.2. The molecule has 0 atom stereocenters. The number of anilines is 1. The number of benzene rings is 2. The quantitative estimate of drug-likeness (QED) is 0.494. The van der Waals surface area contributed by atoms with Crippen molar-refractivity contribution in [2.24, 2.45) is 0 Å². The van der Waals surface area contributed by atoms with Gasteiger partial charge < -0.3 is 19.7 Å². The van der Waals surface area contributed by atoms with E-state index in [0.29, 0.717) is 34.4 Å². The maximum Gasteiger partial charge on any atom is 0.321 e. The first-order chi connectivity index (χ1) is 15.9. The molecule has 174 valence electrons. The van der Waals surface area contributed by atoms with Crippen molar-refractivity contribution >= 4 is 28.4 Å². The largest absolute Gasteiger partial charge is 0.493 e. The number of likely N-dealkylation sites (N-methyl/N-ethyl adjacent to an activating group) is 1. The van der Waals surface area contributed by atoms with E-state index in [1.54, 1.807) is 55.8 Å². The van der Waals surface area contributed by atoms with Crippen LogP contribution in [0.3, 0.4) is 0 Å². The number of urea groups is 1. The van der Waals surface area contributed by atoms with Gasteiger partial charge in [0.25, 0.3) is 0 Å². The summed E-state index contributed by atoms with van der Waals surface area (Å²) in [5.74, 6) is 0.725. The number of nitrogens with one attached hydrogen (secondary N) is 2. The molecule has 0 saturated carbocycles. The smallest absolute Gasteiger partial charge is 0.321 e. The number of rotatable bonds is 9. The third-order valence-corrected chi connectivity index (χ3v) is 5.55. The summed E-state index contributed by atoms with van der Waals surface area (Å²) in [6.07, 6.45) is 0.203. The molecule has 3 rings (SSSR count). The zero-order valence-corrected chi connectivity index (χ0v) is 19.4. The van der Waals surface area contributed by atoms with E-state index in [2.05, 4.69) is 15.6 Å². The van der Waals surface area contributed by atoms with E-state index < -0.39 is 6.03 Å². The number of hydrogen-bond acceptors (Lipinski definition) is 6. The lowest BCUT2D eigenvalue weighted by Gasteiger charge is -2.16. The SMILES string of the molecule is COc1ccc(CC(=O)N(C)Cc2csc(NC(=O)NCc3cccc(F)c3)n2)cc1OC. The molecule has 0 bridgehead atoms. The summed E-state index contributed by atoms with van der Waals surface area (Å²) in [7, 11) is 4.80. The predicted octanol–water partition coefficient (Wildman–Crippen LogP) is 3.82. The number of carbonyl (C=O) groups is 2. The van der Waals surface area contributed by atoms with Crippen molar-refractivity contribution in [2.45, 2.75) is 19.5 Å². The fraction of sp³-hybridized carbons (Fsp3) is 0.261. The lowest BCUT2D eigenvalue weighted by atomic mass is 10.1. The van der Waals surface area contributed by atoms with Gasteiger partial charge in [0.1, 0.15) is 5.82 Å². The van der Waals surface area contributed by atoms with Crippen molar-refractivity contribution in [3.8, 4) is 11.5 Å². The summed E-state index contributed by atoms with van der Waals surface area (Å²) < 4.78 is 23.7. The van der Waals surface area contributed by atoms with Crippen molar-refractivity contribution in [1.82, 2.24) is 15.2 Å². The van der Waals surface area contributed by atoms with Gasteiger partial charge in [-0.05, 0) is 35.4 Å². The van der Waals surface area contributed by atoms with Gasteiger partial charge in [0.05, 0.1) is 32.9 Å².